The van der Waals surface area contributed by atoms with E-state index in [2.05, 4.69) is 73.9 Å². The fourth-order valence-electron chi connectivity index (χ4n) is 2.01. The predicted octanol–water partition coefficient (Wildman–Crippen LogP) is 3.97. The van der Waals surface area contributed by atoms with Gasteiger partial charge in [-0.05, 0) is 48.6 Å². The Bertz CT molecular complexity index is 514. The summed E-state index contributed by atoms with van der Waals surface area (Å²) >= 11 is 1.82. The highest BCUT2D eigenvalue weighted by molar-refractivity contribution is 7.10. The molecular formula is C16H22N2S. The topological polar surface area (TPSA) is 15.3 Å². The Morgan fingerprint density at radius 1 is 1.16 bits per heavy atom. The van der Waals surface area contributed by atoms with Gasteiger partial charge in [-0.25, -0.2) is 0 Å². The molecule has 0 aliphatic heterocycles. The first kappa shape index (κ1) is 14.1. The molecule has 2 rings (SSSR count). The van der Waals surface area contributed by atoms with E-state index in [9.17, 15) is 0 Å². The molecule has 2 nitrogen and oxygen atoms in total. The highest BCUT2D eigenvalue weighted by atomic mass is 32.1. The van der Waals surface area contributed by atoms with E-state index in [1.54, 1.807) is 0 Å². The number of thiophene rings is 1. The number of benzene rings is 1. The van der Waals surface area contributed by atoms with Crippen molar-refractivity contribution < 1.29 is 0 Å². The van der Waals surface area contributed by atoms with Crippen molar-refractivity contribution in [2.45, 2.75) is 26.4 Å². The van der Waals surface area contributed by atoms with Gasteiger partial charge in [0.1, 0.15) is 0 Å². The summed E-state index contributed by atoms with van der Waals surface area (Å²) < 4.78 is 0. The van der Waals surface area contributed by atoms with Gasteiger partial charge in [-0.15, -0.1) is 11.3 Å². The van der Waals surface area contributed by atoms with Crippen LogP contribution >= 0.6 is 11.3 Å². The van der Waals surface area contributed by atoms with Crippen molar-refractivity contribution in [3.63, 3.8) is 0 Å². The Morgan fingerprint density at radius 2 is 1.84 bits per heavy atom. The summed E-state index contributed by atoms with van der Waals surface area (Å²) in [4.78, 5) is 3.55. The smallest absolute Gasteiger partial charge is 0.0361 e. The number of hydrogen-bond acceptors (Lipinski definition) is 3. The summed E-state index contributed by atoms with van der Waals surface area (Å²) in [6.45, 7) is 5.33. The fraction of sp³-hybridized carbons (Fsp3) is 0.375. The van der Waals surface area contributed by atoms with Crippen molar-refractivity contribution in [2.75, 3.05) is 19.0 Å². The average molecular weight is 274 g/mol. The average Bonchev–Trinajstić information content (AvgIpc) is 2.81. The normalized spacial score (nSPS) is 12.4. The molecule has 19 heavy (non-hydrogen) atoms. The van der Waals surface area contributed by atoms with E-state index >= 15 is 0 Å². The zero-order valence-corrected chi connectivity index (χ0v) is 12.9. The Kier molecular flexibility index (Phi) is 4.61. The van der Waals surface area contributed by atoms with Gasteiger partial charge < -0.3 is 10.2 Å². The van der Waals surface area contributed by atoms with Gasteiger partial charge in [-0.2, -0.15) is 0 Å². The van der Waals surface area contributed by atoms with E-state index in [4.69, 9.17) is 0 Å². The molecule has 3 heteroatoms. The molecule has 0 radical (unpaired) electrons. The molecule has 0 spiro atoms. The SMILES string of the molecule is Cc1ccsc1CNC(C)c1ccc(N(C)C)cc1. The van der Waals surface area contributed by atoms with Gasteiger partial charge in [0, 0.05) is 37.2 Å². The molecule has 1 aromatic heterocycles. The van der Waals surface area contributed by atoms with E-state index in [1.165, 1.54) is 21.7 Å². The summed E-state index contributed by atoms with van der Waals surface area (Å²) in [5, 5.41) is 5.74. The van der Waals surface area contributed by atoms with Crippen LogP contribution in [0, 0.1) is 6.92 Å². The van der Waals surface area contributed by atoms with Crippen LogP contribution in [0.15, 0.2) is 35.7 Å². The molecule has 1 aromatic carbocycles. The number of nitrogens with one attached hydrogen (secondary N) is 1. The van der Waals surface area contributed by atoms with E-state index in [-0.39, 0.29) is 0 Å². The predicted molar refractivity (Wildman–Crippen MR) is 85.1 cm³/mol. The molecule has 0 amide bonds. The summed E-state index contributed by atoms with van der Waals surface area (Å²) in [7, 11) is 4.13. The lowest BCUT2D eigenvalue weighted by molar-refractivity contribution is 0.578. The Balaban J connectivity index is 1.96. The minimum absolute atomic E-state index is 0.373. The van der Waals surface area contributed by atoms with Crippen molar-refractivity contribution in [3.05, 3.63) is 51.7 Å². The summed E-state index contributed by atoms with van der Waals surface area (Å²) in [6, 6.07) is 11.3. The van der Waals surface area contributed by atoms with Crippen molar-refractivity contribution >= 4 is 17.0 Å². The van der Waals surface area contributed by atoms with E-state index < -0.39 is 0 Å². The van der Waals surface area contributed by atoms with E-state index in [0.29, 0.717) is 6.04 Å². The molecule has 0 saturated heterocycles. The molecule has 0 bridgehead atoms. The van der Waals surface area contributed by atoms with Crippen LogP contribution in [-0.4, -0.2) is 14.1 Å². The first-order valence-electron chi connectivity index (χ1n) is 6.61. The van der Waals surface area contributed by atoms with Crippen LogP contribution in [0.5, 0.6) is 0 Å². The Morgan fingerprint density at radius 3 is 2.37 bits per heavy atom. The number of anilines is 1. The number of nitrogens with zero attached hydrogens (tertiary/aromatic N) is 1. The molecule has 1 N–H and O–H groups in total. The van der Waals surface area contributed by atoms with Crippen LogP contribution in [-0.2, 0) is 6.54 Å². The number of hydrogen-bond donors (Lipinski definition) is 1. The first-order chi connectivity index (χ1) is 9.08. The second-order valence-corrected chi connectivity index (χ2v) is 6.12. The molecule has 0 aliphatic rings. The van der Waals surface area contributed by atoms with Gasteiger partial charge in [0.2, 0.25) is 0 Å². The van der Waals surface area contributed by atoms with Crippen molar-refractivity contribution in [1.82, 2.24) is 5.32 Å². The van der Waals surface area contributed by atoms with Crippen LogP contribution in [0.2, 0.25) is 0 Å². The van der Waals surface area contributed by atoms with Gasteiger partial charge in [-0.3, -0.25) is 0 Å². The van der Waals surface area contributed by atoms with Crippen LogP contribution in [0.25, 0.3) is 0 Å². The molecule has 1 unspecified atom stereocenters. The third-order valence-corrected chi connectivity index (χ3v) is 4.47. The summed E-state index contributed by atoms with van der Waals surface area (Å²) in [5.74, 6) is 0. The van der Waals surface area contributed by atoms with Crippen LogP contribution in [0.1, 0.15) is 29.0 Å². The number of rotatable bonds is 5. The van der Waals surface area contributed by atoms with Crippen LogP contribution in [0.3, 0.4) is 0 Å². The van der Waals surface area contributed by atoms with Gasteiger partial charge in [0.05, 0.1) is 0 Å². The highest BCUT2D eigenvalue weighted by Gasteiger charge is 2.07. The first-order valence-corrected chi connectivity index (χ1v) is 7.49. The second kappa shape index (κ2) is 6.22. The molecule has 2 aromatic rings. The van der Waals surface area contributed by atoms with Crippen LogP contribution in [0.4, 0.5) is 5.69 Å². The van der Waals surface area contributed by atoms with Gasteiger partial charge in [-0.1, -0.05) is 12.1 Å². The fourth-order valence-corrected chi connectivity index (χ4v) is 2.87. The lowest BCUT2D eigenvalue weighted by atomic mass is 10.1. The number of aryl methyl sites for hydroxylation is 1. The molecule has 0 saturated carbocycles. The minimum Gasteiger partial charge on any atom is -0.378 e. The minimum atomic E-state index is 0.373. The Hall–Kier alpha value is -1.32. The van der Waals surface area contributed by atoms with Gasteiger partial charge in [0.15, 0.2) is 0 Å². The molecule has 0 aliphatic carbocycles. The monoisotopic (exact) mass is 274 g/mol. The maximum Gasteiger partial charge on any atom is 0.0361 e. The highest BCUT2D eigenvalue weighted by Crippen LogP contribution is 2.20. The van der Waals surface area contributed by atoms with Gasteiger partial charge in [0.25, 0.3) is 0 Å². The van der Waals surface area contributed by atoms with Crippen molar-refractivity contribution in [3.8, 4) is 0 Å². The quantitative estimate of drug-likeness (QED) is 0.887. The van der Waals surface area contributed by atoms with Crippen molar-refractivity contribution in [2.24, 2.45) is 0 Å². The summed E-state index contributed by atoms with van der Waals surface area (Å²) in [6.07, 6.45) is 0. The van der Waals surface area contributed by atoms with Crippen LogP contribution < -0.4 is 10.2 Å². The second-order valence-electron chi connectivity index (χ2n) is 5.12. The molecule has 0 fully saturated rings. The van der Waals surface area contributed by atoms with Crippen molar-refractivity contribution in [1.29, 1.82) is 0 Å². The molecule has 1 heterocycles. The molecule has 1 atom stereocenters. The zero-order chi connectivity index (χ0) is 13.8. The lowest BCUT2D eigenvalue weighted by Crippen LogP contribution is -2.18. The van der Waals surface area contributed by atoms with Gasteiger partial charge >= 0.3 is 0 Å². The van der Waals surface area contributed by atoms with E-state index in [1.807, 2.05) is 11.3 Å². The Labute approximate surface area is 120 Å². The maximum atomic E-state index is 3.59. The zero-order valence-electron chi connectivity index (χ0n) is 12.1. The third kappa shape index (κ3) is 3.58. The molecular weight excluding hydrogens is 252 g/mol. The maximum absolute atomic E-state index is 3.59. The molecule has 102 valence electrons. The largest absolute Gasteiger partial charge is 0.378 e. The van der Waals surface area contributed by atoms with E-state index in [0.717, 1.165) is 6.54 Å². The lowest BCUT2D eigenvalue weighted by Gasteiger charge is -2.17. The summed E-state index contributed by atoms with van der Waals surface area (Å²) in [5.41, 5.74) is 3.96. The standard InChI is InChI=1S/C16H22N2S/c1-12-9-10-19-16(12)11-17-13(2)14-5-7-15(8-6-14)18(3)4/h5-10,13,17H,11H2,1-4H3. The third-order valence-electron chi connectivity index (χ3n) is 3.45.